The third-order valence-electron chi connectivity index (χ3n) is 4.34. The lowest BCUT2D eigenvalue weighted by Crippen LogP contribution is -2.39. The minimum atomic E-state index is -0.248. The fourth-order valence-electron chi connectivity index (χ4n) is 3.19. The molecule has 5 nitrogen and oxygen atoms in total. The van der Waals surface area contributed by atoms with Gasteiger partial charge in [-0.1, -0.05) is 13.8 Å². The first-order valence-corrected chi connectivity index (χ1v) is 9.38. The van der Waals surface area contributed by atoms with Crippen molar-refractivity contribution in [3.63, 3.8) is 0 Å². The van der Waals surface area contributed by atoms with Gasteiger partial charge in [0.05, 0.1) is 31.0 Å². The van der Waals surface area contributed by atoms with E-state index in [1.807, 2.05) is 0 Å². The summed E-state index contributed by atoms with van der Waals surface area (Å²) in [7, 11) is 0. The molecule has 0 spiro atoms. The summed E-state index contributed by atoms with van der Waals surface area (Å²) in [5.74, 6) is 0.978. The summed E-state index contributed by atoms with van der Waals surface area (Å²) in [5.41, 5.74) is 2.69. The highest BCUT2D eigenvalue weighted by Gasteiger charge is 2.33. The van der Waals surface area contributed by atoms with Crippen LogP contribution in [0.3, 0.4) is 0 Å². The molecule has 0 saturated carbocycles. The first-order valence-electron chi connectivity index (χ1n) is 8.50. The molecule has 130 valence electrons. The molecule has 1 aromatic heterocycles. The number of nitrogens with zero attached hydrogens (tertiary/aromatic N) is 3. The molecule has 1 aromatic rings. The molecule has 3 rings (SSSR count). The minimum absolute atomic E-state index is 0.248. The first kappa shape index (κ1) is 17.5. The van der Waals surface area contributed by atoms with Gasteiger partial charge in [-0.2, -0.15) is 5.26 Å². The average molecular weight is 347 g/mol. The van der Waals surface area contributed by atoms with Gasteiger partial charge >= 0.3 is 0 Å². The molecule has 0 radical (unpaired) electrons. The Labute approximate surface area is 148 Å². The lowest BCUT2D eigenvalue weighted by molar-refractivity contribution is -0.0402. The smallest absolute Gasteiger partial charge is 0.135 e. The van der Waals surface area contributed by atoms with E-state index in [4.69, 9.17) is 14.5 Å². The number of rotatable bonds is 3. The van der Waals surface area contributed by atoms with Gasteiger partial charge in [-0.3, -0.25) is 0 Å². The van der Waals surface area contributed by atoms with Crippen molar-refractivity contribution in [3.05, 3.63) is 16.7 Å². The monoisotopic (exact) mass is 347 g/mol. The largest absolute Gasteiger partial charge is 0.378 e. The van der Waals surface area contributed by atoms with Crippen molar-refractivity contribution in [1.82, 2.24) is 4.98 Å². The van der Waals surface area contributed by atoms with E-state index in [0.29, 0.717) is 11.9 Å². The van der Waals surface area contributed by atoms with E-state index in [1.165, 1.54) is 0 Å². The van der Waals surface area contributed by atoms with Crippen LogP contribution in [0.15, 0.2) is 5.03 Å². The Morgan fingerprint density at radius 3 is 2.58 bits per heavy atom. The van der Waals surface area contributed by atoms with E-state index in [2.05, 4.69) is 38.7 Å². The maximum atomic E-state index is 9.78. The molecule has 2 aliphatic rings. The predicted molar refractivity (Wildman–Crippen MR) is 95.5 cm³/mol. The van der Waals surface area contributed by atoms with E-state index < -0.39 is 0 Å². The molecule has 0 bridgehead atoms. The Hall–Kier alpha value is -1.29. The molecule has 0 aromatic carbocycles. The second kappa shape index (κ2) is 6.91. The summed E-state index contributed by atoms with van der Waals surface area (Å²) in [6.45, 7) is 12.1. The van der Waals surface area contributed by atoms with Crippen LogP contribution >= 0.6 is 11.8 Å². The van der Waals surface area contributed by atoms with E-state index in [9.17, 15) is 5.26 Å². The van der Waals surface area contributed by atoms with Gasteiger partial charge in [-0.15, -0.1) is 11.8 Å². The molecular weight excluding hydrogens is 322 g/mol. The lowest BCUT2D eigenvalue weighted by Gasteiger charge is -2.37. The number of pyridine rings is 1. The normalized spacial score (nSPS) is 19.9. The number of aromatic nitrogens is 1. The number of morpholine rings is 1. The first-order chi connectivity index (χ1) is 11.4. The summed E-state index contributed by atoms with van der Waals surface area (Å²) in [6.07, 6.45) is 0.747. The van der Waals surface area contributed by atoms with Crippen LogP contribution in [0, 0.1) is 11.3 Å². The van der Waals surface area contributed by atoms with Crippen LogP contribution in [-0.4, -0.2) is 42.1 Å². The average Bonchev–Trinajstić information content (AvgIpc) is 2.53. The fraction of sp³-hybridized carbons (Fsp3) is 0.667. The molecule has 6 heteroatoms. The van der Waals surface area contributed by atoms with Crippen molar-refractivity contribution < 1.29 is 9.47 Å². The molecule has 1 fully saturated rings. The van der Waals surface area contributed by atoms with Gasteiger partial charge in [0, 0.05) is 30.3 Å². The van der Waals surface area contributed by atoms with Crippen LogP contribution in [0.1, 0.15) is 44.4 Å². The molecule has 1 saturated heterocycles. The molecule has 0 atom stereocenters. The van der Waals surface area contributed by atoms with Crippen molar-refractivity contribution in [2.24, 2.45) is 0 Å². The summed E-state index contributed by atoms with van der Waals surface area (Å²) < 4.78 is 11.5. The second-order valence-electron chi connectivity index (χ2n) is 7.18. The van der Waals surface area contributed by atoms with Gasteiger partial charge in [0.15, 0.2) is 0 Å². The second-order valence-corrected chi connectivity index (χ2v) is 8.74. The SMILES string of the molecule is CC(C)Sc1nc(N2CCOCC2)c2c(c1C#N)CC(C)(C)OC2. The van der Waals surface area contributed by atoms with Crippen LogP contribution in [0.25, 0.3) is 0 Å². The zero-order valence-corrected chi connectivity index (χ0v) is 15.7. The van der Waals surface area contributed by atoms with E-state index >= 15 is 0 Å². The number of nitriles is 1. The third kappa shape index (κ3) is 3.53. The van der Waals surface area contributed by atoms with Crippen molar-refractivity contribution in [1.29, 1.82) is 5.26 Å². The summed E-state index contributed by atoms with van der Waals surface area (Å²) >= 11 is 1.67. The van der Waals surface area contributed by atoms with Crippen molar-refractivity contribution in [2.75, 3.05) is 31.2 Å². The highest BCUT2D eigenvalue weighted by molar-refractivity contribution is 7.99. The quantitative estimate of drug-likeness (QED) is 0.783. The predicted octanol–water partition coefficient (Wildman–Crippen LogP) is 3.14. The van der Waals surface area contributed by atoms with E-state index in [1.54, 1.807) is 11.8 Å². The fourth-order valence-corrected chi connectivity index (χ4v) is 4.06. The summed E-state index contributed by atoms with van der Waals surface area (Å²) in [5, 5.41) is 11.0. The number of hydrogen-bond donors (Lipinski definition) is 0. The van der Waals surface area contributed by atoms with Gasteiger partial charge in [0.1, 0.15) is 16.9 Å². The molecule has 0 amide bonds. The highest BCUT2D eigenvalue weighted by Crippen LogP contribution is 2.39. The van der Waals surface area contributed by atoms with E-state index in [0.717, 1.165) is 60.3 Å². The van der Waals surface area contributed by atoms with Crippen molar-refractivity contribution in [3.8, 4) is 6.07 Å². The Kier molecular flexibility index (Phi) is 5.05. The maximum absolute atomic E-state index is 9.78. The van der Waals surface area contributed by atoms with Crippen LogP contribution < -0.4 is 4.90 Å². The lowest BCUT2D eigenvalue weighted by atomic mass is 9.89. The third-order valence-corrected chi connectivity index (χ3v) is 5.33. The van der Waals surface area contributed by atoms with Crippen LogP contribution in [0.4, 0.5) is 5.82 Å². The summed E-state index contributed by atoms with van der Waals surface area (Å²) in [4.78, 5) is 7.17. The van der Waals surface area contributed by atoms with Gasteiger partial charge < -0.3 is 14.4 Å². The zero-order valence-electron chi connectivity index (χ0n) is 14.9. The number of fused-ring (bicyclic) bond motifs is 1. The Morgan fingerprint density at radius 2 is 1.96 bits per heavy atom. The molecule has 24 heavy (non-hydrogen) atoms. The zero-order chi connectivity index (χ0) is 17.3. The van der Waals surface area contributed by atoms with Gasteiger partial charge in [0.2, 0.25) is 0 Å². The Balaban J connectivity index is 2.13. The van der Waals surface area contributed by atoms with Crippen LogP contribution in [0.5, 0.6) is 0 Å². The minimum Gasteiger partial charge on any atom is -0.378 e. The van der Waals surface area contributed by atoms with Gasteiger partial charge in [-0.05, 0) is 19.4 Å². The number of anilines is 1. The summed E-state index contributed by atoms with van der Waals surface area (Å²) in [6, 6.07) is 2.41. The molecular formula is C18H25N3O2S. The molecule has 0 unspecified atom stereocenters. The number of hydrogen-bond acceptors (Lipinski definition) is 6. The van der Waals surface area contributed by atoms with E-state index in [-0.39, 0.29) is 5.60 Å². The maximum Gasteiger partial charge on any atom is 0.135 e. The van der Waals surface area contributed by atoms with Crippen molar-refractivity contribution >= 4 is 17.6 Å². The Bertz CT molecular complexity index is 661. The van der Waals surface area contributed by atoms with Crippen molar-refractivity contribution in [2.45, 2.75) is 56.6 Å². The number of thioether (sulfide) groups is 1. The molecule has 3 heterocycles. The molecule has 0 N–H and O–H groups in total. The standard InChI is InChI=1S/C18H25N3O2S/c1-12(2)24-17-14(10-19)13-9-18(3,4)23-11-15(13)16(20-17)21-5-7-22-8-6-21/h12H,5-9,11H2,1-4H3. The highest BCUT2D eigenvalue weighted by atomic mass is 32.2. The molecule has 0 aliphatic carbocycles. The van der Waals surface area contributed by atoms with Crippen LogP contribution in [0.2, 0.25) is 0 Å². The van der Waals surface area contributed by atoms with Gasteiger partial charge in [0.25, 0.3) is 0 Å². The topological polar surface area (TPSA) is 58.4 Å². The Morgan fingerprint density at radius 1 is 1.25 bits per heavy atom. The van der Waals surface area contributed by atoms with Crippen LogP contribution in [-0.2, 0) is 22.5 Å². The number of ether oxygens (including phenoxy) is 2. The molecule has 2 aliphatic heterocycles. The van der Waals surface area contributed by atoms with Gasteiger partial charge in [-0.25, -0.2) is 4.98 Å².